The van der Waals surface area contributed by atoms with Crippen LogP contribution < -0.4 is 4.74 Å². The summed E-state index contributed by atoms with van der Waals surface area (Å²) in [5.41, 5.74) is 0.574. The summed E-state index contributed by atoms with van der Waals surface area (Å²) in [7, 11) is -1.40. The minimum atomic E-state index is -3.05. The molecule has 0 unspecified atom stereocenters. The van der Waals surface area contributed by atoms with Crippen molar-refractivity contribution in [2.75, 3.05) is 25.2 Å². The maximum absolute atomic E-state index is 12.3. The van der Waals surface area contributed by atoms with Gasteiger partial charge in [0, 0.05) is 7.05 Å². The van der Waals surface area contributed by atoms with Gasteiger partial charge in [-0.15, -0.1) is 0 Å². The van der Waals surface area contributed by atoms with E-state index in [1.807, 2.05) is 31.2 Å². The summed E-state index contributed by atoms with van der Waals surface area (Å²) in [6, 6.07) is 7.67. The van der Waals surface area contributed by atoms with E-state index in [4.69, 9.17) is 4.74 Å². The molecular formula is C17H25NO4S. The van der Waals surface area contributed by atoms with E-state index in [0.717, 1.165) is 0 Å². The fourth-order valence-electron chi connectivity index (χ4n) is 2.75. The molecule has 1 fully saturated rings. The van der Waals surface area contributed by atoms with E-state index >= 15 is 0 Å². The third kappa shape index (κ3) is 4.25. The van der Waals surface area contributed by atoms with Crippen LogP contribution in [0.25, 0.3) is 0 Å². The molecule has 0 radical (unpaired) electrons. The van der Waals surface area contributed by atoms with Crippen LogP contribution in [0, 0.1) is 0 Å². The topological polar surface area (TPSA) is 63.7 Å². The molecule has 1 aliphatic heterocycles. The number of likely N-dealkylation sites (N-methyl/N-ethyl adjacent to an activating group) is 1. The Morgan fingerprint density at radius 2 is 1.91 bits per heavy atom. The summed E-state index contributed by atoms with van der Waals surface area (Å²) in [5, 5.41) is 0. The fraction of sp³-hybridized carbons (Fsp3) is 0.588. The van der Waals surface area contributed by atoms with E-state index < -0.39 is 15.4 Å². The molecule has 0 aliphatic carbocycles. The smallest absolute Gasteiger partial charge is 0.260 e. The van der Waals surface area contributed by atoms with Crippen LogP contribution in [0.5, 0.6) is 5.75 Å². The van der Waals surface area contributed by atoms with Crippen molar-refractivity contribution < 1.29 is 17.9 Å². The zero-order valence-electron chi connectivity index (χ0n) is 14.2. The number of sulfone groups is 1. The Balaban J connectivity index is 1.94. The molecule has 1 aromatic carbocycles. The standard InChI is InChI=1S/C17H25NO4S/c1-13(2)14-5-7-15(8-6-14)22-11-16(19)18(4)17(3)9-10-23(20,21)12-17/h5-8,13H,9-12H2,1-4H3/t17-/m1/s1. The first kappa shape index (κ1) is 17.8. The Hall–Kier alpha value is -1.56. The van der Waals surface area contributed by atoms with Crippen molar-refractivity contribution in [3.63, 3.8) is 0 Å². The predicted octanol–water partition coefficient (Wildman–Crippen LogP) is 2.22. The van der Waals surface area contributed by atoms with Crippen LogP contribution in [0.4, 0.5) is 0 Å². The molecule has 0 bridgehead atoms. The number of benzene rings is 1. The highest BCUT2D eigenvalue weighted by Crippen LogP contribution is 2.28. The van der Waals surface area contributed by atoms with E-state index in [1.54, 1.807) is 7.05 Å². The number of ether oxygens (including phenoxy) is 1. The van der Waals surface area contributed by atoms with Crippen molar-refractivity contribution >= 4 is 15.7 Å². The average Bonchev–Trinajstić information content (AvgIpc) is 2.79. The van der Waals surface area contributed by atoms with E-state index in [9.17, 15) is 13.2 Å². The Morgan fingerprint density at radius 1 is 1.30 bits per heavy atom. The molecule has 2 rings (SSSR count). The number of hydrogen-bond donors (Lipinski definition) is 0. The summed E-state index contributed by atoms with van der Waals surface area (Å²) in [6.45, 7) is 5.95. The number of nitrogens with zero attached hydrogens (tertiary/aromatic N) is 1. The molecule has 0 spiro atoms. The van der Waals surface area contributed by atoms with Gasteiger partial charge in [0.15, 0.2) is 16.4 Å². The molecule has 5 nitrogen and oxygen atoms in total. The van der Waals surface area contributed by atoms with Crippen molar-refractivity contribution in [1.82, 2.24) is 4.90 Å². The predicted molar refractivity (Wildman–Crippen MR) is 90.5 cm³/mol. The summed E-state index contributed by atoms with van der Waals surface area (Å²) in [6.07, 6.45) is 0.473. The van der Waals surface area contributed by atoms with Gasteiger partial charge >= 0.3 is 0 Å². The molecule has 1 saturated heterocycles. The number of carbonyl (C=O) groups is 1. The average molecular weight is 339 g/mol. The van der Waals surface area contributed by atoms with Gasteiger partial charge in [0.25, 0.3) is 5.91 Å². The van der Waals surface area contributed by atoms with Gasteiger partial charge in [-0.2, -0.15) is 0 Å². The first-order chi connectivity index (χ1) is 10.6. The lowest BCUT2D eigenvalue weighted by atomic mass is 10.00. The molecule has 6 heteroatoms. The van der Waals surface area contributed by atoms with Gasteiger partial charge in [0.05, 0.1) is 17.0 Å². The SMILES string of the molecule is CC(C)c1ccc(OCC(=O)N(C)[C@]2(C)CCS(=O)(=O)C2)cc1. The Labute approximate surface area is 138 Å². The molecule has 1 aromatic rings. The third-order valence-electron chi connectivity index (χ3n) is 4.58. The summed E-state index contributed by atoms with van der Waals surface area (Å²) < 4.78 is 28.9. The van der Waals surface area contributed by atoms with Crippen molar-refractivity contribution in [2.45, 2.75) is 38.6 Å². The van der Waals surface area contributed by atoms with Crippen LogP contribution in [0.15, 0.2) is 24.3 Å². The van der Waals surface area contributed by atoms with Crippen molar-refractivity contribution in [2.24, 2.45) is 0 Å². The second-order valence-electron chi connectivity index (χ2n) is 6.80. The monoisotopic (exact) mass is 339 g/mol. The summed E-state index contributed by atoms with van der Waals surface area (Å²) in [4.78, 5) is 13.8. The summed E-state index contributed by atoms with van der Waals surface area (Å²) >= 11 is 0. The highest BCUT2D eigenvalue weighted by atomic mass is 32.2. The third-order valence-corrected chi connectivity index (χ3v) is 6.46. The Kier molecular flexibility index (Phi) is 5.04. The maximum atomic E-state index is 12.3. The largest absolute Gasteiger partial charge is 0.484 e. The molecule has 0 saturated carbocycles. The minimum Gasteiger partial charge on any atom is -0.484 e. The van der Waals surface area contributed by atoms with E-state index in [1.165, 1.54) is 10.5 Å². The van der Waals surface area contributed by atoms with Crippen LogP contribution >= 0.6 is 0 Å². The first-order valence-electron chi connectivity index (χ1n) is 7.83. The number of amides is 1. The first-order valence-corrected chi connectivity index (χ1v) is 9.65. The number of rotatable bonds is 5. The van der Waals surface area contributed by atoms with Crippen LogP contribution in [-0.2, 0) is 14.6 Å². The molecular weight excluding hydrogens is 314 g/mol. The number of hydrogen-bond acceptors (Lipinski definition) is 4. The fourth-order valence-corrected chi connectivity index (χ4v) is 4.93. The van der Waals surface area contributed by atoms with Gasteiger partial charge in [0.1, 0.15) is 5.75 Å². The highest BCUT2D eigenvalue weighted by Gasteiger charge is 2.43. The minimum absolute atomic E-state index is 0.0192. The second-order valence-corrected chi connectivity index (χ2v) is 8.99. The van der Waals surface area contributed by atoms with Gasteiger partial charge in [-0.05, 0) is 37.0 Å². The zero-order valence-corrected chi connectivity index (χ0v) is 15.0. The van der Waals surface area contributed by atoms with Crippen LogP contribution in [0.3, 0.4) is 0 Å². The molecule has 1 amide bonds. The molecule has 23 heavy (non-hydrogen) atoms. The number of carbonyl (C=O) groups excluding carboxylic acids is 1. The summed E-state index contributed by atoms with van der Waals surface area (Å²) in [5.74, 6) is 1.03. The molecule has 0 aromatic heterocycles. The van der Waals surface area contributed by atoms with Gasteiger partial charge in [-0.25, -0.2) is 8.42 Å². The van der Waals surface area contributed by atoms with Crippen LogP contribution in [0.2, 0.25) is 0 Å². The quantitative estimate of drug-likeness (QED) is 0.825. The van der Waals surface area contributed by atoms with Crippen molar-refractivity contribution in [3.8, 4) is 5.75 Å². The molecule has 1 atom stereocenters. The maximum Gasteiger partial charge on any atom is 0.260 e. The second kappa shape index (κ2) is 6.51. The molecule has 1 heterocycles. The van der Waals surface area contributed by atoms with Crippen LogP contribution in [-0.4, -0.2) is 49.9 Å². The Morgan fingerprint density at radius 3 is 2.39 bits per heavy atom. The normalized spacial score (nSPS) is 23.0. The van der Waals surface area contributed by atoms with E-state index in [-0.39, 0.29) is 24.0 Å². The van der Waals surface area contributed by atoms with E-state index in [0.29, 0.717) is 18.1 Å². The van der Waals surface area contributed by atoms with Gasteiger partial charge in [-0.3, -0.25) is 4.79 Å². The Bertz CT molecular complexity index is 666. The lowest BCUT2D eigenvalue weighted by Gasteiger charge is -2.34. The van der Waals surface area contributed by atoms with Gasteiger partial charge < -0.3 is 9.64 Å². The molecule has 128 valence electrons. The zero-order chi connectivity index (χ0) is 17.3. The molecule has 1 aliphatic rings. The lowest BCUT2D eigenvalue weighted by molar-refractivity contribution is -0.136. The van der Waals surface area contributed by atoms with Gasteiger partial charge in [0.2, 0.25) is 0 Å². The van der Waals surface area contributed by atoms with Crippen LogP contribution in [0.1, 0.15) is 38.7 Å². The van der Waals surface area contributed by atoms with Crippen molar-refractivity contribution in [1.29, 1.82) is 0 Å². The lowest BCUT2D eigenvalue weighted by Crippen LogP contribution is -2.49. The molecule has 0 N–H and O–H groups in total. The highest BCUT2D eigenvalue weighted by molar-refractivity contribution is 7.91. The van der Waals surface area contributed by atoms with E-state index in [2.05, 4.69) is 13.8 Å². The van der Waals surface area contributed by atoms with Gasteiger partial charge in [-0.1, -0.05) is 26.0 Å². The van der Waals surface area contributed by atoms with Crippen molar-refractivity contribution in [3.05, 3.63) is 29.8 Å².